The molecule has 0 N–H and O–H groups in total. The highest BCUT2D eigenvalue weighted by atomic mass is 16.3. The Morgan fingerprint density at radius 3 is 2.41 bits per heavy atom. The van der Waals surface area contributed by atoms with Gasteiger partial charge in [-0.15, -0.1) is 0 Å². The smallest absolute Gasteiger partial charge is 0.274 e. The molecule has 2 aromatic heterocycles. The quantitative estimate of drug-likeness (QED) is 0.478. The second-order valence-electron chi connectivity index (χ2n) is 7.15. The van der Waals surface area contributed by atoms with E-state index in [1.165, 1.54) is 0 Å². The van der Waals surface area contributed by atoms with Gasteiger partial charge in [0.15, 0.2) is 5.69 Å². The van der Waals surface area contributed by atoms with E-state index in [0.717, 1.165) is 27.9 Å². The summed E-state index contributed by atoms with van der Waals surface area (Å²) in [6, 6.07) is 22.2. The molecule has 0 aliphatic carbocycles. The molecule has 4 aromatic rings. The fourth-order valence-electron chi connectivity index (χ4n) is 3.33. The average Bonchev–Trinajstić information content (AvgIpc) is 3.37. The molecule has 5 heteroatoms. The standard InChI is InChI=1S/C24H23N3O2/c1-18-13-23(25-26(18)2)24(28)27(16-20-11-12-29-17-20)15-19-7-6-10-22(14-19)21-8-4-3-5-9-21/h3-14,17H,15-16H2,1-2H3. The first-order valence-electron chi connectivity index (χ1n) is 9.55. The third-order valence-electron chi connectivity index (χ3n) is 4.98. The number of benzene rings is 2. The molecule has 0 unspecified atom stereocenters. The molecule has 146 valence electrons. The molecular formula is C24H23N3O2. The third kappa shape index (κ3) is 4.29. The van der Waals surface area contributed by atoms with Crippen LogP contribution < -0.4 is 0 Å². The molecule has 0 spiro atoms. The highest BCUT2D eigenvalue weighted by molar-refractivity contribution is 5.92. The molecule has 0 saturated heterocycles. The number of amides is 1. The second-order valence-corrected chi connectivity index (χ2v) is 7.15. The van der Waals surface area contributed by atoms with Crippen LogP contribution in [0.15, 0.2) is 83.7 Å². The number of hydrogen-bond acceptors (Lipinski definition) is 3. The molecule has 0 atom stereocenters. The van der Waals surface area contributed by atoms with E-state index in [2.05, 4.69) is 29.4 Å². The predicted octanol–water partition coefficient (Wildman–Crippen LogP) is 4.83. The maximum absolute atomic E-state index is 13.2. The largest absolute Gasteiger partial charge is 0.472 e. The van der Waals surface area contributed by atoms with Crippen LogP contribution in [-0.4, -0.2) is 20.6 Å². The second kappa shape index (κ2) is 8.19. The van der Waals surface area contributed by atoms with Crippen molar-refractivity contribution in [2.45, 2.75) is 20.0 Å². The van der Waals surface area contributed by atoms with Crippen molar-refractivity contribution in [3.05, 3.63) is 102 Å². The van der Waals surface area contributed by atoms with Gasteiger partial charge in [-0.3, -0.25) is 9.48 Å². The normalized spacial score (nSPS) is 10.8. The molecule has 0 radical (unpaired) electrons. The summed E-state index contributed by atoms with van der Waals surface area (Å²) in [7, 11) is 1.84. The van der Waals surface area contributed by atoms with Crippen LogP contribution in [0.4, 0.5) is 0 Å². The van der Waals surface area contributed by atoms with Crippen molar-refractivity contribution in [2.24, 2.45) is 7.05 Å². The van der Waals surface area contributed by atoms with Crippen molar-refractivity contribution in [3.63, 3.8) is 0 Å². The summed E-state index contributed by atoms with van der Waals surface area (Å²) in [5, 5.41) is 4.37. The van der Waals surface area contributed by atoms with Gasteiger partial charge in [-0.05, 0) is 41.8 Å². The number of carbonyl (C=O) groups excluding carboxylic acids is 1. The van der Waals surface area contributed by atoms with Gasteiger partial charge in [0.25, 0.3) is 5.91 Å². The van der Waals surface area contributed by atoms with Crippen molar-refractivity contribution in [1.29, 1.82) is 0 Å². The number of aromatic nitrogens is 2. The van der Waals surface area contributed by atoms with Crippen molar-refractivity contribution in [1.82, 2.24) is 14.7 Å². The zero-order valence-electron chi connectivity index (χ0n) is 16.6. The third-order valence-corrected chi connectivity index (χ3v) is 4.98. The lowest BCUT2D eigenvalue weighted by Crippen LogP contribution is -2.30. The van der Waals surface area contributed by atoms with E-state index in [9.17, 15) is 4.79 Å². The zero-order valence-corrected chi connectivity index (χ0v) is 16.6. The summed E-state index contributed by atoms with van der Waals surface area (Å²) in [6.45, 7) is 2.88. The first-order chi connectivity index (χ1) is 14.1. The predicted molar refractivity (Wildman–Crippen MR) is 112 cm³/mol. The molecule has 4 rings (SSSR count). The first-order valence-corrected chi connectivity index (χ1v) is 9.55. The number of hydrogen-bond donors (Lipinski definition) is 0. The van der Waals surface area contributed by atoms with Gasteiger partial charge in [-0.25, -0.2) is 0 Å². The molecule has 0 aliphatic heterocycles. The van der Waals surface area contributed by atoms with E-state index in [1.807, 2.05) is 56.4 Å². The highest BCUT2D eigenvalue weighted by Gasteiger charge is 2.20. The minimum atomic E-state index is -0.0972. The van der Waals surface area contributed by atoms with Crippen LogP contribution in [-0.2, 0) is 20.1 Å². The number of nitrogens with zero attached hydrogens (tertiary/aromatic N) is 3. The van der Waals surface area contributed by atoms with Crippen LogP contribution in [0, 0.1) is 6.92 Å². The number of carbonyl (C=O) groups is 1. The van der Waals surface area contributed by atoms with Crippen molar-refractivity contribution < 1.29 is 9.21 Å². The van der Waals surface area contributed by atoms with Crippen molar-refractivity contribution in [2.75, 3.05) is 0 Å². The molecule has 5 nitrogen and oxygen atoms in total. The molecule has 0 bridgehead atoms. The Morgan fingerprint density at radius 1 is 0.966 bits per heavy atom. The highest BCUT2D eigenvalue weighted by Crippen LogP contribution is 2.22. The molecule has 0 saturated carbocycles. The summed E-state index contributed by atoms with van der Waals surface area (Å²) in [6.07, 6.45) is 3.29. The van der Waals surface area contributed by atoms with E-state index in [4.69, 9.17) is 4.42 Å². The lowest BCUT2D eigenvalue weighted by atomic mass is 10.0. The van der Waals surface area contributed by atoms with E-state index in [1.54, 1.807) is 22.1 Å². The van der Waals surface area contributed by atoms with Crippen LogP contribution in [0.25, 0.3) is 11.1 Å². The monoisotopic (exact) mass is 385 g/mol. The Morgan fingerprint density at radius 2 is 1.72 bits per heavy atom. The Hall–Kier alpha value is -3.60. The van der Waals surface area contributed by atoms with Crippen LogP contribution >= 0.6 is 0 Å². The summed E-state index contributed by atoms with van der Waals surface area (Å²) < 4.78 is 6.92. The first kappa shape index (κ1) is 18.7. The van der Waals surface area contributed by atoms with Crippen molar-refractivity contribution in [3.8, 4) is 11.1 Å². The Balaban J connectivity index is 1.62. The Kier molecular flexibility index (Phi) is 5.29. The molecule has 0 fully saturated rings. The zero-order chi connectivity index (χ0) is 20.2. The minimum absolute atomic E-state index is 0.0972. The van der Waals surface area contributed by atoms with Crippen LogP contribution in [0.2, 0.25) is 0 Å². The van der Waals surface area contributed by atoms with Gasteiger partial charge in [-0.2, -0.15) is 5.10 Å². The van der Waals surface area contributed by atoms with E-state index in [0.29, 0.717) is 18.8 Å². The van der Waals surface area contributed by atoms with Crippen LogP contribution in [0.1, 0.15) is 27.3 Å². The summed E-state index contributed by atoms with van der Waals surface area (Å²) in [5.74, 6) is -0.0972. The maximum Gasteiger partial charge on any atom is 0.274 e. The molecule has 0 aliphatic rings. The lowest BCUT2D eigenvalue weighted by molar-refractivity contribution is 0.0723. The van der Waals surface area contributed by atoms with Crippen LogP contribution in [0.3, 0.4) is 0 Å². The number of aryl methyl sites for hydroxylation is 2. The van der Waals surface area contributed by atoms with Gasteiger partial charge in [0.05, 0.1) is 12.5 Å². The topological polar surface area (TPSA) is 51.3 Å². The van der Waals surface area contributed by atoms with Gasteiger partial charge < -0.3 is 9.32 Å². The van der Waals surface area contributed by atoms with Gasteiger partial charge in [0.2, 0.25) is 0 Å². The minimum Gasteiger partial charge on any atom is -0.472 e. The molecular weight excluding hydrogens is 362 g/mol. The van der Waals surface area contributed by atoms with E-state index < -0.39 is 0 Å². The lowest BCUT2D eigenvalue weighted by Gasteiger charge is -2.22. The van der Waals surface area contributed by atoms with Gasteiger partial charge in [-0.1, -0.05) is 48.5 Å². The van der Waals surface area contributed by atoms with Crippen LogP contribution in [0.5, 0.6) is 0 Å². The molecule has 2 aromatic carbocycles. The Bertz CT molecular complexity index is 1080. The molecule has 2 heterocycles. The fourth-order valence-corrected chi connectivity index (χ4v) is 3.33. The van der Waals surface area contributed by atoms with Gasteiger partial charge in [0.1, 0.15) is 0 Å². The van der Waals surface area contributed by atoms with Gasteiger partial charge in [0, 0.05) is 31.4 Å². The fraction of sp³-hybridized carbons (Fsp3) is 0.167. The Labute approximate surface area is 170 Å². The van der Waals surface area contributed by atoms with E-state index >= 15 is 0 Å². The van der Waals surface area contributed by atoms with Crippen molar-refractivity contribution >= 4 is 5.91 Å². The van der Waals surface area contributed by atoms with Gasteiger partial charge >= 0.3 is 0 Å². The average molecular weight is 385 g/mol. The maximum atomic E-state index is 13.2. The number of rotatable bonds is 6. The summed E-state index contributed by atoms with van der Waals surface area (Å²) in [4.78, 5) is 15.0. The number of furan rings is 1. The molecule has 1 amide bonds. The summed E-state index contributed by atoms with van der Waals surface area (Å²) >= 11 is 0. The SMILES string of the molecule is Cc1cc(C(=O)N(Cc2ccoc2)Cc2cccc(-c3ccccc3)c2)nn1C. The summed E-state index contributed by atoms with van der Waals surface area (Å²) in [5.41, 5.74) is 5.70. The van der Waals surface area contributed by atoms with E-state index in [-0.39, 0.29) is 5.91 Å². The molecule has 29 heavy (non-hydrogen) atoms.